The fourth-order valence-corrected chi connectivity index (χ4v) is 3.89. The smallest absolute Gasteiger partial charge is 0.273 e. The van der Waals surface area contributed by atoms with E-state index in [-0.39, 0.29) is 10.6 Å². The number of likely N-dealkylation sites (N-methyl/N-ethyl adjacent to an activating group) is 1. The highest BCUT2D eigenvalue weighted by Crippen LogP contribution is 2.34. The van der Waals surface area contributed by atoms with Crippen molar-refractivity contribution in [1.82, 2.24) is 4.90 Å². The first-order valence-corrected chi connectivity index (χ1v) is 9.48. The second-order valence-electron chi connectivity index (χ2n) is 7.34. The molecule has 1 saturated carbocycles. The first-order valence-electron chi connectivity index (χ1n) is 9.48. The monoisotopic (exact) mass is 347 g/mol. The van der Waals surface area contributed by atoms with Gasteiger partial charge in [-0.05, 0) is 31.9 Å². The zero-order valence-electron chi connectivity index (χ0n) is 15.2. The van der Waals surface area contributed by atoms with E-state index in [1.807, 2.05) is 6.07 Å². The maximum absolute atomic E-state index is 11.1. The summed E-state index contributed by atoms with van der Waals surface area (Å²) in [5.41, 5.74) is 1.09. The summed E-state index contributed by atoms with van der Waals surface area (Å²) in [5.74, 6) is 1.51. The number of nitro groups is 1. The van der Waals surface area contributed by atoms with Crippen molar-refractivity contribution in [2.45, 2.75) is 38.5 Å². The van der Waals surface area contributed by atoms with E-state index in [2.05, 4.69) is 16.8 Å². The number of ether oxygens (including phenoxy) is 1. The fourth-order valence-electron chi connectivity index (χ4n) is 3.89. The SMILES string of the molecule is CN1CCN(c2ccc([N+](=O)[O-])cc2OCCCC2CCCC2)CC1. The van der Waals surface area contributed by atoms with Gasteiger partial charge in [0.15, 0.2) is 0 Å². The molecular weight excluding hydrogens is 318 g/mol. The predicted octanol–water partition coefficient (Wildman–Crippen LogP) is 3.70. The molecule has 2 fully saturated rings. The summed E-state index contributed by atoms with van der Waals surface area (Å²) in [6, 6.07) is 5.01. The average Bonchev–Trinajstić information content (AvgIpc) is 3.13. The van der Waals surface area contributed by atoms with Gasteiger partial charge in [0.25, 0.3) is 5.69 Å². The lowest BCUT2D eigenvalue weighted by Crippen LogP contribution is -2.44. The minimum Gasteiger partial charge on any atom is -0.491 e. The summed E-state index contributed by atoms with van der Waals surface area (Å²) in [4.78, 5) is 15.3. The van der Waals surface area contributed by atoms with Crippen molar-refractivity contribution in [2.24, 2.45) is 5.92 Å². The largest absolute Gasteiger partial charge is 0.491 e. The molecule has 0 N–H and O–H groups in total. The number of benzene rings is 1. The van der Waals surface area contributed by atoms with Crippen LogP contribution in [-0.2, 0) is 0 Å². The molecule has 0 unspecified atom stereocenters. The number of hydrogen-bond donors (Lipinski definition) is 0. The molecule has 138 valence electrons. The number of piperazine rings is 1. The van der Waals surface area contributed by atoms with Gasteiger partial charge >= 0.3 is 0 Å². The van der Waals surface area contributed by atoms with E-state index in [9.17, 15) is 10.1 Å². The molecule has 6 nitrogen and oxygen atoms in total. The van der Waals surface area contributed by atoms with Crippen molar-refractivity contribution in [3.8, 4) is 5.75 Å². The van der Waals surface area contributed by atoms with Gasteiger partial charge in [0, 0.05) is 32.2 Å². The van der Waals surface area contributed by atoms with Gasteiger partial charge in [-0.25, -0.2) is 0 Å². The van der Waals surface area contributed by atoms with Gasteiger partial charge in [-0.1, -0.05) is 25.7 Å². The number of rotatable bonds is 7. The van der Waals surface area contributed by atoms with Crippen LogP contribution in [0, 0.1) is 16.0 Å². The minimum absolute atomic E-state index is 0.101. The van der Waals surface area contributed by atoms with Crippen LogP contribution < -0.4 is 9.64 Å². The lowest BCUT2D eigenvalue weighted by molar-refractivity contribution is -0.384. The molecule has 0 amide bonds. The lowest BCUT2D eigenvalue weighted by atomic mass is 10.0. The van der Waals surface area contributed by atoms with Gasteiger partial charge in [-0.2, -0.15) is 0 Å². The molecule has 1 aliphatic heterocycles. The first-order chi connectivity index (χ1) is 12.1. The van der Waals surface area contributed by atoms with E-state index >= 15 is 0 Å². The zero-order valence-corrected chi connectivity index (χ0v) is 15.2. The van der Waals surface area contributed by atoms with Gasteiger partial charge in [0.2, 0.25) is 0 Å². The summed E-state index contributed by atoms with van der Waals surface area (Å²) < 4.78 is 6.01. The molecule has 25 heavy (non-hydrogen) atoms. The Labute approximate surface area is 149 Å². The average molecular weight is 347 g/mol. The topological polar surface area (TPSA) is 58.9 Å². The molecule has 6 heteroatoms. The van der Waals surface area contributed by atoms with Gasteiger partial charge in [0.1, 0.15) is 5.75 Å². The molecule has 1 aromatic rings. The molecule has 1 heterocycles. The maximum atomic E-state index is 11.1. The van der Waals surface area contributed by atoms with Crippen LogP contribution in [0.5, 0.6) is 5.75 Å². The molecule has 3 rings (SSSR count). The number of hydrogen-bond acceptors (Lipinski definition) is 5. The molecule has 1 aliphatic carbocycles. The van der Waals surface area contributed by atoms with Crippen LogP contribution in [0.25, 0.3) is 0 Å². The van der Waals surface area contributed by atoms with Gasteiger partial charge < -0.3 is 14.5 Å². The van der Waals surface area contributed by atoms with Crippen LogP contribution in [0.2, 0.25) is 0 Å². The fraction of sp³-hybridized carbons (Fsp3) is 0.684. The zero-order chi connectivity index (χ0) is 17.6. The van der Waals surface area contributed by atoms with E-state index < -0.39 is 0 Å². The molecule has 0 atom stereocenters. The third-order valence-electron chi connectivity index (χ3n) is 5.49. The van der Waals surface area contributed by atoms with Gasteiger partial charge in [-0.15, -0.1) is 0 Å². The molecule has 2 aliphatic rings. The number of anilines is 1. The van der Waals surface area contributed by atoms with Crippen molar-refractivity contribution < 1.29 is 9.66 Å². The molecule has 1 aromatic carbocycles. The quantitative estimate of drug-likeness (QED) is 0.428. The third kappa shape index (κ3) is 4.84. The van der Waals surface area contributed by atoms with Crippen LogP contribution in [0.1, 0.15) is 38.5 Å². The van der Waals surface area contributed by atoms with Gasteiger partial charge in [0.05, 0.1) is 23.3 Å². The summed E-state index contributed by atoms with van der Waals surface area (Å²) in [5, 5.41) is 11.1. The van der Waals surface area contributed by atoms with Gasteiger partial charge in [-0.3, -0.25) is 10.1 Å². The van der Waals surface area contributed by atoms with E-state index in [1.54, 1.807) is 12.1 Å². The normalized spacial score (nSPS) is 19.3. The first kappa shape index (κ1) is 18.0. The van der Waals surface area contributed by atoms with Crippen LogP contribution in [-0.4, -0.2) is 49.7 Å². The molecule has 0 aromatic heterocycles. The lowest BCUT2D eigenvalue weighted by Gasteiger charge is -2.34. The molecule has 0 radical (unpaired) electrons. The summed E-state index contributed by atoms with van der Waals surface area (Å²) >= 11 is 0. The van der Waals surface area contributed by atoms with E-state index in [0.29, 0.717) is 12.4 Å². The van der Waals surface area contributed by atoms with Crippen LogP contribution >= 0.6 is 0 Å². The van der Waals surface area contributed by atoms with Crippen molar-refractivity contribution >= 4 is 11.4 Å². The van der Waals surface area contributed by atoms with Crippen molar-refractivity contribution in [3.05, 3.63) is 28.3 Å². The third-order valence-corrected chi connectivity index (χ3v) is 5.49. The highest BCUT2D eigenvalue weighted by Gasteiger charge is 2.20. The second-order valence-corrected chi connectivity index (χ2v) is 7.34. The van der Waals surface area contributed by atoms with E-state index in [4.69, 9.17) is 4.74 Å². The molecule has 1 saturated heterocycles. The Morgan fingerprint density at radius 1 is 1.20 bits per heavy atom. The number of nitro benzene ring substituents is 1. The summed E-state index contributed by atoms with van der Waals surface area (Å²) in [6.45, 7) is 4.48. The van der Waals surface area contributed by atoms with Crippen molar-refractivity contribution in [1.29, 1.82) is 0 Å². The Balaban J connectivity index is 1.63. The van der Waals surface area contributed by atoms with Crippen LogP contribution in [0.15, 0.2) is 18.2 Å². The summed E-state index contributed by atoms with van der Waals surface area (Å²) in [6.07, 6.45) is 7.66. The van der Waals surface area contributed by atoms with Crippen LogP contribution in [0.3, 0.4) is 0 Å². The second kappa shape index (κ2) is 8.52. The number of nitrogens with zero attached hydrogens (tertiary/aromatic N) is 3. The molecular formula is C19H29N3O3. The predicted molar refractivity (Wildman–Crippen MR) is 99.5 cm³/mol. The van der Waals surface area contributed by atoms with E-state index in [1.165, 1.54) is 32.1 Å². The Kier molecular flexibility index (Phi) is 6.13. The maximum Gasteiger partial charge on any atom is 0.273 e. The summed E-state index contributed by atoms with van der Waals surface area (Å²) in [7, 11) is 2.12. The molecule has 0 spiro atoms. The Morgan fingerprint density at radius 2 is 1.92 bits per heavy atom. The Morgan fingerprint density at radius 3 is 2.60 bits per heavy atom. The standard InChI is InChI=1S/C19H29N3O3/c1-20-10-12-21(13-11-20)18-9-8-17(22(23)24)15-19(18)25-14-4-7-16-5-2-3-6-16/h8-9,15-16H,2-7,10-14H2,1H3. The molecule has 0 bridgehead atoms. The Hall–Kier alpha value is -1.82. The van der Waals surface area contributed by atoms with Crippen molar-refractivity contribution in [2.75, 3.05) is 44.7 Å². The van der Waals surface area contributed by atoms with Crippen LogP contribution in [0.4, 0.5) is 11.4 Å². The number of non-ortho nitro benzene ring substituents is 1. The highest BCUT2D eigenvalue weighted by atomic mass is 16.6. The minimum atomic E-state index is -0.348. The highest BCUT2D eigenvalue weighted by molar-refractivity contribution is 5.62. The van der Waals surface area contributed by atoms with E-state index in [0.717, 1.165) is 44.2 Å². The Bertz CT molecular complexity index is 579. The van der Waals surface area contributed by atoms with Crippen molar-refractivity contribution in [3.63, 3.8) is 0 Å².